The van der Waals surface area contributed by atoms with Crippen LogP contribution in [0.25, 0.3) is 0 Å². The fourth-order valence-corrected chi connectivity index (χ4v) is 4.02. The number of thioether (sulfide) groups is 1. The minimum Gasteiger partial charge on any atom is -0.494 e. The van der Waals surface area contributed by atoms with Crippen LogP contribution in [0.3, 0.4) is 0 Å². The zero-order chi connectivity index (χ0) is 24.6. The molecule has 0 aliphatic carbocycles. The minimum atomic E-state index is -0.470. The van der Waals surface area contributed by atoms with Gasteiger partial charge in [0.25, 0.3) is 5.24 Å². The molecule has 10 heteroatoms. The molecule has 1 saturated heterocycles. The van der Waals surface area contributed by atoms with Gasteiger partial charge in [-0.25, -0.2) is 4.98 Å². The second-order valence-corrected chi connectivity index (χ2v) is 8.70. The highest BCUT2D eigenvalue weighted by molar-refractivity contribution is 8.26. The zero-order valence-electron chi connectivity index (χ0n) is 19.5. The van der Waals surface area contributed by atoms with Crippen LogP contribution in [0.4, 0.5) is 10.7 Å². The number of benzene rings is 2. The smallest absolute Gasteiger partial charge is 0.287 e. The fraction of sp³-hybridized carbons (Fsp3) is 0.280. The highest BCUT2D eigenvalue weighted by atomic mass is 32.2. The van der Waals surface area contributed by atoms with E-state index in [9.17, 15) is 9.59 Å². The van der Waals surface area contributed by atoms with Crippen molar-refractivity contribution in [1.29, 1.82) is 0 Å². The predicted octanol–water partition coefficient (Wildman–Crippen LogP) is 4.08. The van der Waals surface area contributed by atoms with E-state index in [1.807, 2.05) is 67.4 Å². The molecule has 35 heavy (non-hydrogen) atoms. The van der Waals surface area contributed by atoms with E-state index in [4.69, 9.17) is 14.2 Å². The molecular formula is C25H26N4O5S. The van der Waals surface area contributed by atoms with Crippen molar-refractivity contribution in [2.75, 3.05) is 31.7 Å². The summed E-state index contributed by atoms with van der Waals surface area (Å²) in [6.45, 7) is 3.54. The van der Waals surface area contributed by atoms with Gasteiger partial charge in [0.2, 0.25) is 16.9 Å². The molecule has 4 rings (SSSR count). The van der Waals surface area contributed by atoms with E-state index >= 15 is 0 Å². The third kappa shape index (κ3) is 6.86. The normalized spacial score (nSPS) is 15.0. The quantitative estimate of drug-likeness (QED) is 0.422. The van der Waals surface area contributed by atoms with Crippen molar-refractivity contribution >= 4 is 28.1 Å². The number of nitrogens with zero attached hydrogens (tertiary/aromatic N) is 3. The summed E-state index contributed by atoms with van der Waals surface area (Å²) in [5.74, 6) is 3.12. The van der Waals surface area contributed by atoms with Crippen LogP contribution in [-0.2, 0) is 11.2 Å². The van der Waals surface area contributed by atoms with Crippen LogP contribution in [0.2, 0.25) is 0 Å². The predicted molar refractivity (Wildman–Crippen MR) is 134 cm³/mol. The SMILES string of the molecule is CCOc1ccc(Oc2ccnc(N(C)CCOc3ccc(CC4NC(=O)SC4=O)cc3)n2)cc1. The molecule has 1 aliphatic heterocycles. The average molecular weight is 495 g/mol. The summed E-state index contributed by atoms with van der Waals surface area (Å²) in [7, 11) is 1.88. The van der Waals surface area contributed by atoms with Gasteiger partial charge in [0.1, 0.15) is 29.9 Å². The Morgan fingerprint density at radius 2 is 1.66 bits per heavy atom. The van der Waals surface area contributed by atoms with Crippen molar-refractivity contribution in [2.24, 2.45) is 0 Å². The highest BCUT2D eigenvalue weighted by Crippen LogP contribution is 2.24. The van der Waals surface area contributed by atoms with Crippen LogP contribution in [0.15, 0.2) is 60.8 Å². The lowest BCUT2D eigenvalue weighted by Crippen LogP contribution is -2.30. The van der Waals surface area contributed by atoms with Crippen LogP contribution < -0.4 is 24.4 Å². The molecule has 1 amide bonds. The lowest BCUT2D eigenvalue weighted by atomic mass is 10.1. The monoisotopic (exact) mass is 494 g/mol. The summed E-state index contributed by atoms with van der Waals surface area (Å²) in [6.07, 6.45) is 2.12. The van der Waals surface area contributed by atoms with Crippen LogP contribution in [0, 0.1) is 0 Å². The molecule has 9 nitrogen and oxygen atoms in total. The number of hydrogen-bond donors (Lipinski definition) is 1. The van der Waals surface area contributed by atoms with Crippen LogP contribution in [0.5, 0.6) is 23.1 Å². The summed E-state index contributed by atoms with van der Waals surface area (Å²) in [5, 5.41) is 2.23. The van der Waals surface area contributed by atoms with Gasteiger partial charge in [0, 0.05) is 37.5 Å². The van der Waals surface area contributed by atoms with Gasteiger partial charge in [0.05, 0.1) is 13.2 Å². The minimum absolute atomic E-state index is 0.144. The highest BCUT2D eigenvalue weighted by Gasteiger charge is 2.31. The summed E-state index contributed by atoms with van der Waals surface area (Å²) in [6, 6.07) is 16.1. The van der Waals surface area contributed by atoms with Gasteiger partial charge >= 0.3 is 0 Å². The Morgan fingerprint density at radius 1 is 0.971 bits per heavy atom. The fourth-order valence-electron chi connectivity index (χ4n) is 3.35. The number of nitrogens with one attached hydrogen (secondary N) is 1. The summed E-state index contributed by atoms with van der Waals surface area (Å²) in [5.41, 5.74) is 0.952. The maximum Gasteiger partial charge on any atom is 0.287 e. The van der Waals surface area contributed by atoms with Gasteiger partial charge in [-0.1, -0.05) is 12.1 Å². The van der Waals surface area contributed by atoms with Gasteiger partial charge in [-0.05, 0) is 48.9 Å². The van der Waals surface area contributed by atoms with Crippen molar-refractivity contribution in [3.63, 3.8) is 0 Å². The van der Waals surface area contributed by atoms with Gasteiger partial charge < -0.3 is 24.4 Å². The topological polar surface area (TPSA) is 103 Å². The van der Waals surface area contributed by atoms with Crippen LogP contribution in [0.1, 0.15) is 12.5 Å². The molecule has 1 aliphatic rings. The molecule has 0 saturated carbocycles. The van der Waals surface area contributed by atoms with Gasteiger partial charge in [0.15, 0.2) is 0 Å². The maximum absolute atomic E-state index is 11.8. The average Bonchev–Trinajstić information content (AvgIpc) is 3.18. The first-order valence-electron chi connectivity index (χ1n) is 11.2. The molecule has 3 aromatic rings. The number of anilines is 1. The number of ether oxygens (including phenoxy) is 3. The summed E-state index contributed by atoms with van der Waals surface area (Å²) < 4.78 is 17.1. The molecule has 182 valence electrons. The third-order valence-corrected chi connectivity index (χ3v) is 5.93. The first kappa shape index (κ1) is 24.3. The Bertz CT molecular complexity index is 1160. The molecule has 2 heterocycles. The molecular weight excluding hydrogens is 468 g/mol. The molecule has 1 atom stereocenters. The second-order valence-electron chi connectivity index (χ2n) is 7.72. The van der Waals surface area contributed by atoms with Crippen molar-refractivity contribution in [3.05, 3.63) is 66.4 Å². The Morgan fingerprint density at radius 3 is 2.34 bits per heavy atom. The molecule has 1 unspecified atom stereocenters. The number of rotatable bonds is 11. The first-order chi connectivity index (χ1) is 17.0. The lowest BCUT2D eigenvalue weighted by Gasteiger charge is -2.18. The largest absolute Gasteiger partial charge is 0.494 e. The van der Waals surface area contributed by atoms with Crippen molar-refractivity contribution in [1.82, 2.24) is 15.3 Å². The third-order valence-electron chi connectivity index (χ3n) is 5.14. The Balaban J connectivity index is 1.25. The van der Waals surface area contributed by atoms with Crippen LogP contribution >= 0.6 is 11.8 Å². The Labute approximate surface area is 207 Å². The number of likely N-dealkylation sites (N-methyl/N-ethyl adjacent to an activating group) is 1. The number of carbonyl (C=O) groups is 2. The molecule has 1 N–H and O–H groups in total. The van der Waals surface area contributed by atoms with Gasteiger partial charge in [-0.2, -0.15) is 4.98 Å². The van der Waals surface area contributed by atoms with Crippen molar-refractivity contribution < 1.29 is 23.8 Å². The maximum atomic E-state index is 11.8. The summed E-state index contributed by atoms with van der Waals surface area (Å²) in [4.78, 5) is 33.7. The van der Waals surface area contributed by atoms with Gasteiger partial charge in [-0.3, -0.25) is 9.59 Å². The van der Waals surface area contributed by atoms with E-state index < -0.39 is 6.04 Å². The van der Waals surface area contributed by atoms with E-state index in [1.165, 1.54) is 0 Å². The Hall–Kier alpha value is -3.79. The molecule has 2 aromatic carbocycles. The van der Waals surface area contributed by atoms with E-state index in [1.54, 1.807) is 12.3 Å². The molecule has 1 aromatic heterocycles. The number of carbonyl (C=O) groups excluding carboxylic acids is 2. The number of aromatic nitrogens is 2. The van der Waals surface area contributed by atoms with Crippen molar-refractivity contribution in [2.45, 2.75) is 19.4 Å². The van der Waals surface area contributed by atoms with E-state index in [0.29, 0.717) is 49.5 Å². The molecule has 0 radical (unpaired) electrons. The number of amides is 1. The van der Waals surface area contributed by atoms with E-state index in [-0.39, 0.29) is 10.4 Å². The molecule has 0 spiro atoms. The standard InChI is InChI=1S/C25H26N4O5S/c1-3-32-18-8-10-20(11-9-18)34-22-12-13-26-24(28-22)29(2)14-15-33-19-6-4-17(5-7-19)16-21-23(30)35-25(31)27-21/h4-13,21H,3,14-16H2,1-2H3,(H,27,31). The van der Waals surface area contributed by atoms with Gasteiger partial charge in [-0.15, -0.1) is 0 Å². The van der Waals surface area contributed by atoms with Crippen molar-refractivity contribution in [3.8, 4) is 23.1 Å². The number of hydrogen-bond acceptors (Lipinski definition) is 9. The first-order valence-corrected chi connectivity index (χ1v) is 12.0. The molecule has 1 fully saturated rings. The Kier molecular flexibility index (Phi) is 8.04. The lowest BCUT2D eigenvalue weighted by molar-refractivity contribution is -0.112. The second kappa shape index (κ2) is 11.6. The van der Waals surface area contributed by atoms with E-state index in [2.05, 4.69) is 15.3 Å². The zero-order valence-corrected chi connectivity index (χ0v) is 20.3. The van der Waals surface area contributed by atoms with E-state index in [0.717, 1.165) is 23.1 Å². The summed E-state index contributed by atoms with van der Waals surface area (Å²) >= 11 is 0.725. The molecule has 0 bridgehead atoms. The van der Waals surface area contributed by atoms with Crippen LogP contribution in [-0.4, -0.2) is 53.2 Å².